The molecule has 0 aromatic heterocycles. The zero-order chi connectivity index (χ0) is 12.8. The lowest BCUT2D eigenvalue weighted by atomic mass is 10.4. The fourth-order valence-electron chi connectivity index (χ4n) is 2.52. The number of hydrogen-bond acceptors (Lipinski definition) is 3. The topological polar surface area (TPSA) is 49.9 Å². The molecule has 0 aromatic carbocycles. The van der Waals surface area contributed by atoms with Crippen molar-refractivity contribution in [3.63, 3.8) is 0 Å². The van der Waals surface area contributed by atoms with Gasteiger partial charge in [0.05, 0.1) is 6.61 Å². The molecule has 2 saturated heterocycles. The predicted octanol–water partition coefficient (Wildman–Crippen LogP) is 0.638. The van der Waals surface area contributed by atoms with Gasteiger partial charge in [-0.1, -0.05) is 0 Å². The van der Waals surface area contributed by atoms with Gasteiger partial charge in [-0.3, -0.25) is 9.59 Å². The second kappa shape index (κ2) is 6.73. The average molecular weight is 254 g/mol. The van der Waals surface area contributed by atoms with Crippen LogP contribution in [0.5, 0.6) is 0 Å². The highest BCUT2D eigenvalue weighted by Gasteiger charge is 2.20. The summed E-state index contributed by atoms with van der Waals surface area (Å²) in [6, 6.07) is 0. The van der Waals surface area contributed by atoms with Crippen LogP contribution >= 0.6 is 0 Å². The molecule has 0 aliphatic carbocycles. The Morgan fingerprint density at radius 1 is 0.889 bits per heavy atom. The van der Waals surface area contributed by atoms with E-state index in [0.29, 0.717) is 32.6 Å². The maximum Gasteiger partial charge on any atom is 0.222 e. The van der Waals surface area contributed by atoms with Gasteiger partial charge < -0.3 is 14.5 Å². The molecule has 102 valence electrons. The van der Waals surface area contributed by atoms with Gasteiger partial charge in [0.25, 0.3) is 0 Å². The minimum atomic E-state index is 0.251. The summed E-state index contributed by atoms with van der Waals surface area (Å²) < 4.78 is 5.51. The van der Waals surface area contributed by atoms with Gasteiger partial charge in [0.15, 0.2) is 0 Å². The Labute approximate surface area is 108 Å². The number of carbonyl (C=O) groups is 2. The van der Waals surface area contributed by atoms with Crippen molar-refractivity contribution in [1.29, 1.82) is 0 Å². The molecule has 2 rings (SSSR count). The maximum atomic E-state index is 11.3. The Bertz CT molecular complexity index is 277. The number of carbonyl (C=O) groups excluding carboxylic acids is 2. The molecule has 2 aliphatic heterocycles. The van der Waals surface area contributed by atoms with Crippen LogP contribution in [0.25, 0.3) is 0 Å². The summed E-state index contributed by atoms with van der Waals surface area (Å²) in [4.78, 5) is 26.5. The zero-order valence-corrected chi connectivity index (χ0v) is 10.9. The third-order valence-corrected chi connectivity index (χ3v) is 3.57. The molecule has 0 atom stereocenters. The van der Waals surface area contributed by atoms with Crippen LogP contribution in [-0.2, 0) is 14.3 Å². The van der Waals surface area contributed by atoms with Gasteiger partial charge in [-0.25, -0.2) is 0 Å². The van der Waals surface area contributed by atoms with Crippen LogP contribution in [0.2, 0.25) is 0 Å². The van der Waals surface area contributed by atoms with E-state index in [0.717, 1.165) is 38.9 Å². The summed E-state index contributed by atoms with van der Waals surface area (Å²) >= 11 is 0. The van der Waals surface area contributed by atoms with E-state index in [-0.39, 0.29) is 11.8 Å². The number of ether oxygens (including phenoxy) is 1. The van der Waals surface area contributed by atoms with Crippen molar-refractivity contribution in [3.8, 4) is 0 Å². The molecule has 2 heterocycles. The predicted molar refractivity (Wildman–Crippen MR) is 67.1 cm³/mol. The molecule has 2 amide bonds. The molecule has 0 saturated carbocycles. The SMILES string of the molecule is O=C1CCCN1CCCOCCN1CCCC1=O. The normalized spacial score (nSPS) is 20.2. The number of likely N-dealkylation sites (tertiary alicyclic amines) is 2. The summed E-state index contributed by atoms with van der Waals surface area (Å²) in [6.07, 6.45) is 4.27. The third-order valence-electron chi connectivity index (χ3n) is 3.57. The molecule has 5 nitrogen and oxygen atoms in total. The van der Waals surface area contributed by atoms with E-state index in [1.807, 2.05) is 9.80 Å². The van der Waals surface area contributed by atoms with Crippen molar-refractivity contribution < 1.29 is 14.3 Å². The van der Waals surface area contributed by atoms with Crippen LogP contribution in [0.15, 0.2) is 0 Å². The van der Waals surface area contributed by atoms with Crippen LogP contribution < -0.4 is 0 Å². The summed E-state index contributed by atoms with van der Waals surface area (Å²) in [5, 5.41) is 0. The van der Waals surface area contributed by atoms with Crippen molar-refractivity contribution in [1.82, 2.24) is 9.80 Å². The molecule has 2 aliphatic rings. The summed E-state index contributed by atoms with van der Waals surface area (Å²) in [5.41, 5.74) is 0. The number of nitrogens with zero attached hydrogens (tertiary/aromatic N) is 2. The smallest absolute Gasteiger partial charge is 0.222 e. The first-order valence-corrected chi connectivity index (χ1v) is 6.90. The van der Waals surface area contributed by atoms with Crippen molar-refractivity contribution in [2.24, 2.45) is 0 Å². The van der Waals surface area contributed by atoms with Gasteiger partial charge in [0.2, 0.25) is 11.8 Å². The molecule has 0 N–H and O–H groups in total. The summed E-state index contributed by atoms with van der Waals surface area (Å²) in [5.74, 6) is 0.527. The highest BCUT2D eigenvalue weighted by molar-refractivity contribution is 5.78. The maximum absolute atomic E-state index is 11.3. The third kappa shape index (κ3) is 3.70. The van der Waals surface area contributed by atoms with Gasteiger partial charge in [0, 0.05) is 45.6 Å². The van der Waals surface area contributed by atoms with Crippen LogP contribution in [-0.4, -0.2) is 61.0 Å². The van der Waals surface area contributed by atoms with E-state index in [9.17, 15) is 9.59 Å². The number of hydrogen-bond donors (Lipinski definition) is 0. The van der Waals surface area contributed by atoms with Gasteiger partial charge >= 0.3 is 0 Å². The van der Waals surface area contributed by atoms with Crippen molar-refractivity contribution in [2.75, 3.05) is 39.4 Å². The highest BCUT2D eigenvalue weighted by atomic mass is 16.5. The fourth-order valence-corrected chi connectivity index (χ4v) is 2.52. The molecule has 2 fully saturated rings. The lowest BCUT2D eigenvalue weighted by Gasteiger charge is -2.17. The quantitative estimate of drug-likeness (QED) is 0.626. The monoisotopic (exact) mass is 254 g/mol. The molecule has 18 heavy (non-hydrogen) atoms. The van der Waals surface area contributed by atoms with Crippen LogP contribution in [0.4, 0.5) is 0 Å². The van der Waals surface area contributed by atoms with Crippen LogP contribution in [0, 0.1) is 0 Å². The average Bonchev–Trinajstić information content (AvgIpc) is 2.94. The molecule has 0 radical (unpaired) electrons. The molecule has 5 heteroatoms. The highest BCUT2D eigenvalue weighted by Crippen LogP contribution is 2.10. The first-order valence-electron chi connectivity index (χ1n) is 6.90. The first kappa shape index (κ1) is 13.3. The van der Waals surface area contributed by atoms with E-state index in [1.165, 1.54) is 0 Å². The molecule has 0 bridgehead atoms. The molecular formula is C13H22N2O3. The summed E-state index contributed by atoms with van der Waals surface area (Å²) in [6.45, 7) is 4.58. The van der Waals surface area contributed by atoms with E-state index < -0.39 is 0 Å². The Kier molecular flexibility index (Phi) is 4.99. The lowest BCUT2D eigenvalue weighted by Crippen LogP contribution is -2.29. The largest absolute Gasteiger partial charge is 0.380 e. The Morgan fingerprint density at radius 3 is 2.06 bits per heavy atom. The van der Waals surface area contributed by atoms with Gasteiger partial charge in [0.1, 0.15) is 0 Å². The van der Waals surface area contributed by atoms with E-state index in [4.69, 9.17) is 4.74 Å². The van der Waals surface area contributed by atoms with Crippen LogP contribution in [0.3, 0.4) is 0 Å². The lowest BCUT2D eigenvalue weighted by molar-refractivity contribution is -0.129. The Balaban J connectivity index is 1.46. The Hall–Kier alpha value is -1.10. The molecular weight excluding hydrogens is 232 g/mol. The Morgan fingerprint density at radius 2 is 1.50 bits per heavy atom. The van der Waals surface area contributed by atoms with E-state index in [1.54, 1.807) is 0 Å². The summed E-state index contributed by atoms with van der Waals surface area (Å²) in [7, 11) is 0. The van der Waals surface area contributed by atoms with Crippen LogP contribution in [0.1, 0.15) is 32.1 Å². The van der Waals surface area contributed by atoms with Gasteiger partial charge in [-0.05, 0) is 19.3 Å². The van der Waals surface area contributed by atoms with Crippen molar-refractivity contribution in [2.45, 2.75) is 32.1 Å². The van der Waals surface area contributed by atoms with Gasteiger partial charge in [-0.15, -0.1) is 0 Å². The minimum Gasteiger partial charge on any atom is -0.380 e. The minimum absolute atomic E-state index is 0.251. The van der Waals surface area contributed by atoms with E-state index in [2.05, 4.69) is 0 Å². The number of rotatable bonds is 7. The second-order valence-electron chi connectivity index (χ2n) is 4.93. The molecule has 0 aromatic rings. The fraction of sp³-hybridized carbons (Fsp3) is 0.846. The van der Waals surface area contributed by atoms with Crippen molar-refractivity contribution >= 4 is 11.8 Å². The zero-order valence-electron chi connectivity index (χ0n) is 10.9. The molecule has 0 spiro atoms. The molecule has 0 unspecified atom stereocenters. The standard InChI is InChI=1S/C13H22N2O3/c16-12-4-1-6-14(12)8-3-10-18-11-9-15-7-2-5-13(15)17/h1-11H2. The van der Waals surface area contributed by atoms with Crippen molar-refractivity contribution in [3.05, 3.63) is 0 Å². The van der Waals surface area contributed by atoms with Gasteiger partial charge in [-0.2, -0.15) is 0 Å². The first-order chi connectivity index (χ1) is 8.77. The second-order valence-corrected chi connectivity index (χ2v) is 4.93. The number of amides is 2. The van der Waals surface area contributed by atoms with E-state index >= 15 is 0 Å².